The van der Waals surface area contributed by atoms with E-state index in [1.165, 1.54) is 0 Å². The number of nitrogens with one attached hydrogen (secondary N) is 1. The highest BCUT2D eigenvalue weighted by Gasteiger charge is 2.22. The monoisotopic (exact) mass is 393 g/mol. The number of carbonyl (C=O) groups is 1. The van der Waals surface area contributed by atoms with Gasteiger partial charge in [0.1, 0.15) is 5.76 Å². The molecule has 8 nitrogen and oxygen atoms in total. The number of ether oxygens (including phenoxy) is 1. The van der Waals surface area contributed by atoms with Crippen molar-refractivity contribution in [1.82, 2.24) is 10.3 Å². The van der Waals surface area contributed by atoms with Gasteiger partial charge in [-0.15, -0.1) is 0 Å². The third kappa shape index (κ3) is 3.83. The summed E-state index contributed by atoms with van der Waals surface area (Å²) < 4.78 is 11.1. The Morgan fingerprint density at radius 1 is 1.14 bits per heavy atom. The Morgan fingerprint density at radius 3 is 2.72 bits per heavy atom. The van der Waals surface area contributed by atoms with Gasteiger partial charge in [-0.05, 0) is 42.2 Å². The van der Waals surface area contributed by atoms with E-state index in [9.17, 15) is 4.79 Å². The second-order valence-corrected chi connectivity index (χ2v) is 6.50. The molecule has 0 saturated carbocycles. The maximum Gasteiger partial charge on any atom is 0.415 e. The van der Waals surface area contributed by atoms with Crippen LogP contribution in [0.25, 0.3) is 22.5 Å². The number of aryl methyl sites for hydroxylation is 1. The minimum atomic E-state index is -0.710. The SMILES string of the molecule is O=C(NCCO)Oc1cc(-c2ccncc2)c(-c2ccc3c(c2)CCC3=NO)o1. The highest BCUT2D eigenvalue weighted by molar-refractivity contribution is 6.04. The molecule has 8 heteroatoms. The number of rotatable bonds is 5. The predicted octanol–water partition coefficient (Wildman–Crippen LogP) is 3.21. The first-order valence-electron chi connectivity index (χ1n) is 9.15. The van der Waals surface area contributed by atoms with E-state index in [1.54, 1.807) is 18.5 Å². The highest BCUT2D eigenvalue weighted by Crippen LogP contribution is 2.39. The quantitative estimate of drug-likeness (QED) is 0.453. The average molecular weight is 393 g/mol. The number of oxime groups is 1. The van der Waals surface area contributed by atoms with E-state index in [-0.39, 0.29) is 19.1 Å². The zero-order chi connectivity index (χ0) is 20.2. The molecule has 0 saturated heterocycles. The second kappa shape index (κ2) is 8.15. The van der Waals surface area contributed by atoms with Gasteiger partial charge in [-0.3, -0.25) is 4.98 Å². The molecule has 0 bridgehead atoms. The number of hydrogen-bond donors (Lipinski definition) is 3. The Morgan fingerprint density at radius 2 is 1.97 bits per heavy atom. The fraction of sp³-hybridized carbons (Fsp3) is 0.190. The van der Waals surface area contributed by atoms with E-state index in [0.29, 0.717) is 17.9 Å². The molecule has 0 fully saturated rings. The van der Waals surface area contributed by atoms with Crippen LogP contribution < -0.4 is 10.1 Å². The molecule has 3 aromatic rings. The summed E-state index contributed by atoms with van der Waals surface area (Å²) >= 11 is 0. The maximum absolute atomic E-state index is 11.8. The topological polar surface area (TPSA) is 117 Å². The summed E-state index contributed by atoms with van der Waals surface area (Å²) in [5.74, 6) is 0.596. The zero-order valence-electron chi connectivity index (χ0n) is 15.5. The summed E-state index contributed by atoms with van der Waals surface area (Å²) in [5, 5.41) is 23.7. The van der Waals surface area contributed by atoms with Crippen LogP contribution in [-0.4, -0.2) is 40.3 Å². The smallest absolute Gasteiger partial charge is 0.415 e. The molecule has 3 N–H and O–H groups in total. The van der Waals surface area contributed by atoms with Gasteiger partial charge >= 0.3 is 6.09 Å². The van der Waals surface area contributed by atoms with Gasteiger partial charge in [0.15, 0.2) is 0 Å². The zero-order valence-corrected chi connectivity index (χ0v) is 15.5. The van der Waals surface area contributed by atoms with Crippen molar-refractivity contribution in [2.24, 2.45) is 5.16 Å². The van der Waals surface area contributed by atoms with E-state index in [4.69, 9.17) is 19.5 Å². The average Bonchev–Trinajstić information content (AvgIpc) is 3.36. The van der Waals surface area contributed by atoms with E-state index >= 15 is 0 Å². The molecule has 4 rings (SSSR count). The lowest BCUT2D eigenvalue weighted by Gasteiger charge is -2.06. The lowest BCUT2D eigenvalue weighted by atomic mass is 10.00. The van der Waals surface area contributed by atoms with Gasteiger partial charge in [-0.2, -0.15) is 0 Å². The van der Waals surface area contributed by atoms with E-state index < -0.39 is 6.09 Å². The summed E-state index contributed by atoms with van der Waals surface area (Å²) in [6.45, 7) is -0.0990. The molecule has 1 aliphatic rings. The number of carbonyl (C=O) groups excluding carboxylic acids is 1. The molecule has 1 aliphatic carbocycles. The fourth-order valence-corrected chi connectivity index (χ4v) is 3.38. The maximum atomic E-state index is 11.8. The number of furan rings is 1. The molecule has 0 aliphatic heterocycles. The first-order chi connectivity index (χ1) is 14.2. The van der Waals surface area contributed by atoms with Crippen LogP contribution in [0.5, 0.6) is 5.95 Å². The first kappa shape index (κ1) is 18.7. The number of aromatic nitrogens is 1. The van der Waals surface area contributed by atoms with Crippen LogP contribution in [0.4, 0.5) is 4.79 Å². The Labute approximate surface area is 166 Å². The van der Waals surface area contributed by atoms with Crippen molar-refractivity contribution >= 4 is 11.8 Å². The predicted molar refractivity (Wildman–Crippen MR) is 105 cm³/mol. The number of benzene rings is 1. The summed E-state index contributed by atoms with van der Waals surface area (Å²) in [7, 11) is 0. The molecule has 0 atom stereocenters. The van der Waals surface area contributed by atoms with Gasteiger partial charge in [0.05, 0.1) is 12.3 Å². The molecule has 1 amide bonds. The lowest BCUT2D eigenvalue weighted by molar-refractivity contribution is 0.184. The van der Waals surface area contributed by atoms with Crippen LogP contribution in [0.1, 0.15) is 17.5 Å². The Hall–Kier alpha value is -3.65. The van der Waals surface area contributed by atoms with E-state index in [0.717, 1.165) is 34.2 Å². The van der Waals surface area contributed by atoms with Crippen LogP contribution in [0.15, 0.2) is 58.4 Å². The van der Waals surface area contributed by atoms with Gasteiger partial charge < -0.3 is 24.8 Å². The molecular formula is C21H19N3O5. The van der Waals surface area contributed by atoms with Gasteiger partial charge in [-0.1, -0.05) is 17.3 Å². The molecule has 148 valence electrons. The normalized spacial score (nSPS) is 14.0. The van der Waals surface area contributed by atoms with Crippen molar-refractivity contribution in [3.05, 3.63) is 59.9 Å². The summed E-state index contributed by atoms with van der Waals surface area (Å²) in [4.78, 5) is 15.9. The van der Waals surface area contributed by atoms with Crippen molar-refractivity contribution in [3.63, 3.8) is 0 Å². The van der Waals surface area contributed by atoms with Gasteiger partial charge in [0.2, 0.25) is 0 Å². The molecule has 0 radical (unpaired) electrons. The molecule has 0 unspecified atom stereocenters. The molecule has 29 heavy (non-hydrogen) atoms. The second-order valence-electron chi connectivity index (χ2n) is 6.50. The van der Waals surface area contributed by atoms with Crippen molar-refractivity contribution in [3.8, 4) is 28.4 Å². The molecular weight excluding hydrogens is 374 g/mol. The summed E-state index contributed by atoms with van der Waals surface area (Å²) in [5.41, 5.74) is 5.10. The molecule has 2 heterocycles. The van der Waals surface area contributed by atoms with E-state index in [1.807, 2.05) is 30.3 Å². The number of hydrogen-bond acceptors (Lipinski definition) is 7. The van der Waals surface area contributed by atoms with Crippen LogP contribution in [0.2, 0.25) is 0 Å². The first-order valence-corrected chi connectivity index (χ1v) is 9.15. The largest absolute Gasteiger partial charge is 0.425 e. The molecule has 2 aromatic heterocycles. The molecule has 0 spiro atoms. The van der Waals surface area contributed by atoms with Gasteiger partial charge in [0, 0.05) is 41.7 Å². The van der Waals surface area contributed by atoms with Crippen molar-refractivity contribution in [1.29, 1.82) is 0 Å². The minimum Gasteiger partial charge on any atom is -0.425 e. The number of amides is 1. The van der Waals surface area contributed by atoms with Crippen LogP contribution in [-0.2, 0) is 6.42 Å². The van der Waals surface area contributed by atoms with Crippen LogP contribution in [0.3, 0.4) is 0 Å². The summed E-state index contributed by atoms with van der Waals surface area (Å²) in [6.07, 6.45) is 4.10. The van der Waals surface area contributed by atoms with Crippen molar-refractivity contribution in [2.45, 2.75) is 12.8 Å². The third-order valence-electron chi connectivity index (χ3n) is 4.71. The van der Waals surface area contributed by atoms with Crippen molar-refractivity contribution < 1.29 is 24.3 Å². The third-order valence-corrected chi connectivity index (χ3v) is 4.71. The van der Waals surface area contributed by atoms with Crippen LogP contribution in [0, 0.1) is 0 Å². The number of aliphatic hydroxyl groups excluding tert-OH is 1. The lowest BCUT2D eigenvalue weighted by Crippen LogP contribution is -2.29. The Kier molecular flexibility index (Phi) is 5.26. The fourth-order valence-electron chi connectivity index (χ4n) is 3.38. The van der Waals surface area contributed by atoms with Gasteiger partial charge in [-0.25, -0.2) is 4.79 Å². The number of nitrogens with zero attached hydrogens (tertiary/aromatic N) is 2. The minimum absolute atomic E-state index is 0.0420. The van der Waals surface area contributed by atoms with Crippen molar-refractivity contribution in [2.75, 3.05) is 13.2 Å². The highest BCUT2D eigenvalue weighted by atomic mass is 16.6. The number of pyridine rings is 1. The Balaban J connectivity index is 1.73. The standard InChI is InChI=1S/C21H19N3O5/c25-10-9-23-21(26)29-19-12-17(13-5-7-22-8-6-13)20(28-19)15-1-3-16-14(11-15)2-4-18(16)24-27/h1,3,5-8,11-12,25,27H,2,4,9-10H2,(H,23,26). The number of aliphatic hydroxyl groups is 1. The Bertz CT molecular complexity index is 1060. The molecule has 1 aromatic carbocycles. The van der Waals surface area contributed by atoms with Gasteiger partial charge in [0.25, 0.3) is 5.95 Å². The number of fused-ring (bicyclic) bond motifs is 1. The van der Waals surface area contributed by atoms with Crippen LogP contribution >= 0.6 is 0 Å². The summed E-state index contributed by atoms with van der Waals surface area (Å²) in [6, 6.07) is 11.1. The van der Waals surface area contributed by atoms with E-state index in [2.05, 4.69) is 15.5 Å².